The Morgan fingerprint density at radius 1 is 1.12 bits per heavy atom. The Balaban J connectivity index is 1.68. The molecule has 2 aromatic carbocycles. The van der Waals surface area contributed by atoms with E-state index in [1.54, 1.807) is 17.0 Å². The molecule has 0 unspecified atom stereocenters. The highest BCUT2D eigenvalue weighted by molar-refractivity contribution is 6.08. The fraction of sp³-hybridized carbons (Fsp3) is 0.300. The number of ether oxygens (including phenoxy) is 1. The van der Waals surface area contributed by atoms with Gasteiger partial charge in [0.25, 0.3) is 5.91 Å². The predicted molar refractivity (Wildman–Crippen MR) is 96.3 cm³/mol. The molecular formula is C20H20N2O3. The monoisotopic (exact) mass is 336 g/mol. The molecule has 2 aromatic rings. The van der Waals surface area contributed by atoms with Crippen LogP contribution in [0, 0.1) is 6.92 Å². The summed E-state index contributed by atoms with van der Waals surface area (Å²) in [6, 6.07) is 13.4. The van der Waals surface area contributed by atoms with E-state index in [2.05, 4.69) is 6.07 Å². The minimum Gasteiger partial charge on any atom is -0.447 e. The van der Waals surface area contributed by atoms with Crippen molar-refractivity contribution in [2.24, 2.45) is 0 Å². The summed E-state index contributed by atoms with van der Waals surface area (Å²) in [6.07, 6.45) is 1.60. The van der Waals surface area contributed by atoms with E-state index in [4.69, 9.17) is 4.74 Å². The van der Waals surface area contributed by atoms with E-state index in [-0.39, 0.29) is 12.0 Å². The van der Waals surface area contributed by atoms with Crippen molar-refractivity contribution in [2.75, 3.05) is 29.5 Å². The lowest BCUT2D eigenvalue weighted by molar-refractivity contribution is 0.0985. The molecule has 0 saturated carbocycles. The van der Waals surface area contributed by atoms with Crippen molar-refractivity contribution in [1.29, 1.82) is 0 Å². The van der Waals surface area contributed by atoms with E-state index in [1.165, 1.54) is 5.56 Å². The molecule has 0 N–H and O–H groups in total. The maximum Gasteiger partial charge on any atom is 0.414 e. The Morgan fingerprint density at radius 3 is 2.76 bits per heavy atom. The lowest BCUT2D eigenvalue weighted by Crippen LogP contribution is -2.36. The van der Waals surface area contributed by atoms with Crippen LogP contribution in [0.5, 0.6) is 0 Å². The lowest BCUT2D eigenvalue weighted by atomic mass is 9.97. The van der Waals surface area contributed by atoms with Gasteiger partial charge in [-0.1, -0.05) is 24.3 Å². The van der Waals surface area contributed by atoms with Gasteiger partial charge in [0.2, 0.25) is 0 Å². The molecule has 25 heavy (non-hydrogen) atoms. The average Bonchev–Trinajstić information content (AvgIpc) is 3.07. The molecule has 0 radical (unpaired) electrons. The summed E-state index contributed by atoms with van der Waals surface area (Å²) in [6.45, 7) is 3.66. The zero-order valence-electron chi connectivity index (χ0n) is 14.2. The van der Waals surface area contributed by atoms with E-state index in [1.807, 2.05) is 36.1 Å². The summed E-state index contributed by atoms with van der Waals surface area (Å²) in [4.78, 5) is 28.4. The maximum atomic E-state index is 13.2. The van der Waals surface area contributed by atoms with E-state index in [0.717, 1.165) is 24.1 Å². The maximum absolute atomic E-state index is 13.2. The number of carbonyl (C=O) groups is 2. The number of anilines is 2. The highest BCUT2D eigenvalue weighted by Crippen LogP contribution is 2.32. The normalized spacial score (nSPS) is 16.6. The van der Waals surface area contributed by atoms with Crippen molar-refractivity contribution in [2.45, 2.75) is 19.8 Å². The Morgan fingerprint density at radius 2 is 1.96 bits per heavy atom. The van der Waals surface area contributed by atoms with Gasteiger partial charge in [-0.25, -0.2) is 4.79 Å². The summed E-state index contributed by atoms with van der Waals surface area (Å²) in [5.74, 6) is -0.0235. The quantitative estimate of drug-likeness (QED) is 0.843. The summed E-state index contributed by atoms with van der Waals surface area (Å²) < 4.78 is 4.99. The van der Waals surface area contributed by atoms with Gasteiger partial charge in [-0.05, 0) is 49.1 Å². The molecule has 5 nitrogen and oxygen atoms in total. The molecular weight excluding hydrogens is 316 g/mol. The second-order valence-corrected chi connectivity index (χ2v) is 6.46. The Bertz CT molecular complexity index is 847. The molecule has 0 atom stereocenters. The van der Waals surface area contributed by atoms with Crippen molar-refractivity contribution in [3.05, 3.63) is 59.2 Å². The summed E-state index contributed by atoms with van der Waals surface area (Å²) in [7, 11) is 0. The van der Waals surface area contributed by atoms with E-state index in [9.17, 15) is 9.59 Å². The third-order valence-electron chi connectivity index (χ3n) is 4.83. The van der Waals surface area contributed by atoms with E-state index < -0.39 is 0 Å². The second kappa shape index (κ2) is 6.24. The first kappa shape index (κ1) is 15.7. The van der Waals surface area contributed by atoms with Crippen LogP contribution in [-0.2, 0) is 11.2 Å². The SMILES string of the molecule is Cc1cccc2c1N(C(=O)c1cccc(N3CCOC3=O)c1)CCC2. The van der Waals surface area contributed by atoms with Crippen LogP contribution >= 0.6 is 0 Å². The molecule has 2 heterocycles. The first-order chi connectivity index (χ1) is 12.1. The van der Waals surface area contributed by atoms with E-state index in [0.29, 0.717) is 30.9 Å². The molecule has 2 amide bonds. The van der Waals surface area contributed by atoms with Crippen LogP contribution in [0.3, 0.4) is 0 Å². The summed E-state index contributed by atoms with van der Waals surface area (Å²) in [5, 5.41) is 0. The first-order valence-corrected chi connectivity index (χ1v) is 8.60. The number of para-hydroxylation sites is 1. The molecule has 2 aliphatic rings. The van der Waals surface area contributed by atoms with Crippen molar-refractivity contribution in [1.82, 2.24) is 0 Å². The standard InChI is InChI=1S/C20H20N2O3/c1-14-5-2-6-15-8-4-10-22(18(14)15)19(23)16-7-3-9-17(13-16)21-11-12-25-20(21)24/h2-3,5-7,9,13H,4,8,10-12H2,1H3. The van der Waals surface area contributed by atoms with E-state index >= 15 is 0 Å². The van der Waals surface area contributed by atoms with Crippen LogP contribution in [0.4, 0.5) is 16.2 Å². The highest BCUT2D eigenvalue weighted by atomic mass is 16.6. The molecule has 0 spiro atoms. The van der Waals surface area contributed by atoms with Crippen molar-refractivity contribution in [3.8, 4) is 0 Å². The smallest absolute Gasteiger partial charge is 0.414 e. The number of aryl methyl sites for hydroxylation is 2. The van der Waals surface area contributed by atoms with Gasteiger partial charge >= 0.3 is 6.09 Å². The number of fused-ring (bicyclic) bond motifs is 1. The number of benzene rings is 2. The Labute approximate surface area is 146 Å². The Hall–Kier alpha value is -2.82. The van der Waals surface area contributed by atoms with Gasteiger partial charge in [0.15, 0.2) is 0 Å². The molecule has 2 aliphatic heterocycles. The third kappa shape index (κ3) is 2.76. The average molecular weight is 336 g/mol. The fourth-order valence-corrected chi connectivity index (χ4v) is 3.64. The number of carbonyl (C=O) groups excluding carboxylic acids is 2. The van der Waals surface area contributed by atoms with Crippen LogP contribution in [-0.4, -0.2) is 31.7 Å². The minimum atomic E-state index is -0.358. The van der Waals surface area contributed by atoms with Gasteiger partial charge in [-0.15, -0.1) is 0 Å². The van der Waals surface area contributed by atoms with Crippen LogP contribution in [0.25, 0.3) is 0 Å². The molecule has 0 aromatic heterocycles. The predicted octanol–water partition coefficient (Wildman–Crippen LogP) is 3.54. The number of nitrogens with zero attached hydrogens (tertiary/aromatic N) is 2. The first-order valence-electron chi connectivity index (χ1n) is 8.60. The molecule has 128 valence electrons. The molecule has 5 heteroatoms. The van der Waals surface area contributed by atoms with Crippen LogP contribution < -0.4 is 9.80 Å². The number of hydrogen-bond donors (Lipinski definition) is 0. The van der Waals surface area contributed by atoms with Crippen molar-refractivity contribution in [3.63, 3.8) is 0 Å². The number of cyclic esters (lactones) is 1. The molecule has 1 fully saturated rings. The summed E-state index contributed by atoms with van der Waals surface area (Å²) in [5.41, 5.74) is 4.66. The second-order valence-electron chi connectivity index (χ2n) is 6.46. The van der Waals surface area contributed by atoms with Gasteiger partial charge < -0.3 is 9.64 Å². The molecule has 1 saturated heterocycles. The zero-order chi connectivity index (χ0) is 17.4. The van der Waals surface area contributed by atoms with Crippen LogP contribution in [0.1, 0.15) is 27.9 Å². The number of rotatable bonds is 2. The molecule has 0 bridgehead atoms. The topological polar surface area (TPSA) is 49.9 Å². The fourth-order valence-electron chi connectivity index (χ4n) is 3.64. The summed E-state index contributed by atoms with van der Waals surface area (Å²) >= 11 is 0. The largest absolute Gasteiger partial charge is 0.447 e. The van der Waals surface area contributed by atoms with Gasteiger partial charge in [0, 0.05) is 17.8 Å². The van der Waals surface area contributed by atoms with Crippen molar-refractivity contribution < 1.29 is 14.3 Å². The number of amides is 2. The van der Waals surface area contributed by atoms with Gasteiger partial charge in [0.1, 0.15) is 6.61 Å². The molecule has 0 aliphatic carbocycles. The van der Waals surface area contributed by atoms with Crippen LogP contribution in [0.15, 0.2) is 42.5 Å². The van der Waals surface area contributed by atoms with Gasteiger partial charge in [0.05, 0.1) is 12.2 Å². The number of hydrogen-bond acceptors (Lipinski definition) is 3. The van der Waals surface area contributed by atoms with Crippen molar-refractivity contribution >= 4 is 23.4 Å². The Kier molecular flexibility index (Phi) is 3.92. The van der Waals surface area contributed by atoms with Gasteiger partial charge in [-0.2, -0.15) is 0 Å². The highest BCUT2D eigenvalue weighted by Gasteiger charge is 2.27. The zero-order valence-corrected chi connectivity index (χ0v) is 14.2. The third-order valence-corrected chi connectivity index (χ3v) is 4.83. The lowest BCUT2D eigenvalue weighted by Gasteiger charge is -2.31. The molecule has 4 rings (SSSR count). The van der Waals surface area contributed by atoms with Gasteiger partial charge in [-0.3, -0.25) is 9.69 Å². The van der Waals surface area contributed by atoms with Crippen LogP contribution in [0.2, 0.25) is 0 Å². The minimum absolute atomic E-state index is 0.0235.